The van der Waals surface area contributed by atoms with Crippen molar-refractivity contribution < 1.29 is 18.4 Å². The molecule has 27 heavy (non-hydrogen) atoms. The number of benzene rings is 2. The van der Waals surface area contributed by atoms with Crippen molar-refractivity contribution in [2.45, 2.75) is 26.3 Å². The molecule has 6 nitrogen and oxygen atoms in total. The lowest BCUT2D eigenvalue weighted by molar-refractivity contribution is 0.1000. The number of primary amides is 1. The maximum absolute atomic E-state index is 13.5. The van der Waals surface area contributed by atoms with Gasteiger partial charge in [-0.25, -0.2) is 9.18 Å². The van der Waals surface area contributed by atoms with Gasteiger partial charge < -0.3 is 20.8 Å². The summed E-state index contributed by atoms with van der Waals surface area (Å²) in [7, 11) is 0. The Bertz CT molecular complexity index is 1010. The molecule has 140 valence electrons. The van der Waals surface area contributed by atoms with Gasteiger partial charge in [-0.05, 0) is 49.7 Å². The van der Waals surface area contributed by atoms with E-state index in [-0.39, 0.29) is 11.9 Å². The minimum Gasteiger partial charge on any atom is -0.459 e. The lowest BCUT2D eigenvalue weighted by Gasteiger charge is -2.16. The van der Waals surface area contributed by atoms with Crippen molar-refractivity contribution in [1.29, 1.82) is 0 Å². The van der Waals surface area contributed by atoms with Gasteiger partial charge >= 0.3 is 6.03 Å². The maximum Gasteiger partial charge on any atom is 0.319 e. The van der Waals surface area contributed by atoms with Crippen molar-refractivity contribution in [2.24, 2.45) is 5.73 Å². The van der Waals surface area contributed by atoms with Crippen LogP contribution in [0, 0.1) is 12.7 Å². The van der Waals surface area contributed by atoms with Gasteiger partial charge in [0.25, 0.3) is 0 Å². The third-order valence-corrected chi connectivity index (χ3v) is 4.37. The van der Waals surface area contributed by atoms with Crippen molar-refractivity contribution in [1.82, 2.24) is 5.32 Å². The molecule has 0 radical (unpaired) electrons. The van der Waals surface area contributed by atoms with E-state index in [4.69, 9.17) is 10.2 Å². The highest BCUT2D eigenvalue weighted by Crippen LogP contribution is 2.31. The Balaban J connectivity index is 1.79. The highest BCUT2D eigenvalue weighted by Gasteiger charge is 2.21. The summed E-state index contributed by atoms with van der Waals surface area (Å²) in [6, 6.07) is 9.84. The van der Waals surface area contributed by atoms with Gasteiger partial charge in [-0.15, -0.1) is 0 Å². The summed E-state index contributed by atoms with van der Waals surface area (Å²) in [5, 5.41) is 6.20. The maximum atomic E-state index is 13.5. The fourth-order valence-corrected chi connectivity index (χ4v) is 2.97. The van der Waals surface area contributed by atoms with E-state index in [0.717, 1.165) is 5.56 Å². The number of carbonyl (C=O) groups excluding carboxylic acids is 2. The molecule has 3 rings (SSSR count). The van der Waals surface area contributed by atoms with E-state index < -0.39 is 11.9 Å². The van der Waals surface area contributed by atoms with Gasteiger partial charge in [0.05, 0.1) is 6.04 Å². The van der Waals surface area contributed by atoms with Crippen molar-refractivity contribution in [3.05, 3.63) is 65.2 Å². The van der Waals surface area contributed by atoms with E-state index in [9.17, 15) is 14.0 Å². The van der Waals surface area contributed by atoms with Crippen molar-refractivity contribution in [3.8, 4) is 0 Å². The van der Waals surface area contributed by atoms with Crippen molar-refractivity contribution >= 4 is 28.6 Å². The number of amides is 3. The molecule has 1 atom stereocenters. The van der Waals surface area contributed by atoms with Crippen LogP contribution in [0.3, 0.4) is 0 Å². The molecule has 0 aliphatic heterocycles. The molecule has 4 N–H and O–H groups in total. The molecule has 0 spiro atoms. The summed E-state index contributed by atoms with van der Waals surface area (Å²) in [4.78, 5) is 23.6. The highest BCUT2D eigenvalue weighted by atomic mass is 19.1. The van der Waals surface area contributed by atoms with Crippen LogP contribution >= 0.6 is 0 Å². The Hall–Kier alpha value is -3.35. The normalized spacial score (nSPS) is 12.0. The lowest BCUT2D eigenvalue weighted by atomic mass is 10.1. The van der Waals surface area contributed by atoms with Crippen LogP contribution in [0.2, 0.25) is 0 Å². The summed E-state index contributed by atoms with van der Waals surface area (Å²) in [6.45, 7) is 3.74. The van der Waals surface area contributed by atoms with Crippen LogP contribution in [0.1, 0.15) is 41.1 Å². The Morgan fingerprint density at radius 2 is 2.00 bits per heavy atom. The van der Waals surface area contributed by atoms with Gasteiger partial charge in [-0.3, -0.25) is 4.79 Å². The first-order valence-electron chi connectivity index (χ1n) is 8.55. The zero-order valence-electron chi connectivity index (χ0n) is 15.0. The van der Waals surface area contributed by atoms with Crippen molar-refractivity contribution in [3.63, 3.8) is 0 Å². The number of nitrogens with two attached hydrogens (primary N) is 1. The third kappa shape index (κ3) is 3.92. The predicted octanol–water partition coefficient (Wildman–Crippen LogP) is 4.25. The number of halogens is 1. The summed E-state index contributed by atoms with van der Waals surface area (Å²) in [5.41, 5.74) is 7.35. The molecule has 2 aromatic carbocycles. The second-order valence-electron chi connectivity index (χ2n) is 6.24. The molecule has 3 amide bonds. The molecule has 0 aliphatic carbocycles. The fraction of sp³-hybridized carbons (Fsp3) is 0.200. The van der Waals surface area contributed by atoms with Crippen LogP contribution in [0.15, 0.2) is 46.9 Å². The van der Waals surface area contributed by atoms with Gasteiger partial charge in [0.15, 0.2) is 0 Å². The predicted molar refractivity (Wildman–Crippen MR) is 101 cm³/mol. The van der Waals surface area contributed by atoms with Gasteiger partial charge in [0, 0.05) is 22.2 Å². The fourth-order valence-electron chi connectivity index (χ4n) is 2.97. The quantitative estimate of drug-likeness (QED) is 0.627. The molecule has 3 aromatic rings. The summed E-state index contributed by atoms with van der Waals surface area (Å²) in [5.74, 6) is -0.333. The SMILES string of the molecule is CC[C@@H](NC(=O)Nc1cccc(C(N)=O)c1)c1oc2ccc(F)cc2c1C. The van der Waals surface area contributed by atoms with Crippen molar-refractivity contribution in [2.75, 3.05) is 5.32 Å². The molecular formula is C20H20FN3O3. The Kier molecular flexibility index (Phi) is 5.12. The number of furan rings is 1. The number of anilines is 1. The number of aryl methyl sites for hydroxylation is 1. The summed E-state index contributed by atoms with van der Waals surface area (Å²) < 4.78 is 19.3. The standard InChI is InChI=1S/C20H20FN3O3/c1-3-16(18-11(2)15-10-13(21)7-8-17(15)27-18)24-20(26)23-14-6-4-5-12(9-14)19(22)25/h4-10,16H,3H2,1-2H3,(H2,22,25)(H2,23,24,26)/t16-/m1/s1. The topological polar surface area (TPSA) is 97.4 Å². The van der Waals surface area contributed by atoms with Gasteiger partial charge in [-0.2, -0.15) is 0 Å². The average molecular weight is 369 g/mol. The first kappa shape index (κ1) is 18.4. The monoisotopic (exact) mass is 369 g/mol. The Labute approximate surface area is 155 Å². The zero-order valence-corrected chi connectivity index (χ0v) is 15.0. The molecule has 0 unspecified atom stereocenters. The average Bonchev–Trinajstić information content (AvgIpc) is 2.96. The Morgan fingerprint density at radius 1 is 1.22 bits per heavy atom. The van der Waals surface area contributed by atoms with Crippen LogP contribution in [0.5, 0.6) is 0 Å². The van der Waals surface area contributed by atoms with E-state index in [0.29, 0.717) is 34.4 Å². The van der Waals surface area contributed by atoms with Crippen LogP contribution in [-0.4, -0.2) is 11.9 Å². The van der Waals surface area contributed by atoms with Gasteiger partial charge in [-0.1, -0.05) is 13.0 Å². The largest absolute Gasteiger partial charge is 0.459 e. The number of urea groups is 1. The molecule has 7 heteroatoms. The molecule has 0 saturated heterocycles. The molecule has 0 fully saturated rings. The minimum absolute atomic E-state index is 0.301. The second kappa shape index (κ2) is 7.49. The van der Waals surface area contributed by atoms with E-state index >= 15 is 0 Å². The molecule has 0 bridgehead atoms. The van der Waals surface area contributed by atoms with E-state index in [1.54, 1.807) is 24.3 Å². The molecule has 0 saturated carbocycles. The first-order chi connectivity index (χ1) is 12.9. The zero-order chi connectivity index (χ0) is 19.6. The number of rotatable bonds is 5. The van der Waals surface area contributed by atoms with Crippen LogP contribution in [-0.2, 0) is 0 Å². The van der Waals surface area contributed by atoms with E-state index in [2.05, 4.69) is 10.6 Å². The molecule has 0 aliphatic rings. The number of carbonyl (C=O) groups is 2. The lowest BCUT2D eigenvalue weighted by Crippen LogP contribution is -2.32. The molecular weight excluding hydrogens is 349 g/mol. The number of fused-ring (bicyclic) bond motifs is 1. The van der Waals surface area contributed by atoms with E-state index in [1.807, 2.05) is 13.8 Å². The minimum atomic E-state index is -0.573. The first-order valence-corrected chi connectivity index (χ1v) is 8.55. The second-order valence-corrected chi connectivity index (χ2v) is 6.24. The number of hydrogen-bond donors (Lipinski definition) is 3. The van der Waals surface area contributed by atoms with E-state index in [1.165, 1.54) is 18.2 Å². The molecule has 1 aromatic heterocycles. The smallest absolute Gasteiger partial charge is 0.319 e. The molecule has 1 heterocycles. The number of hydrogen-bond acceptors (Lipinski definition) is 3. The van der Waals surface area contributed by atoms with Crippen LogP contribution < -0.4 is 16.4 Å². The van der Waals surface area contributed by atoms with Gasteiger partial charge in [0.2, 0.25) is 5.91 Å². The third-order valence-electron chi connectivity index (χ3n) is 4.37. The van der Waals surface area contributed by atoms with Crippen LogP contribution in [0.4, 0.5) is 14.9 Å². The highest BCUT2D eigenvalue weighted by molar-refractivity contribution is 5.96. The van der Waals surface area contributed by atoms with Crippen LogP contribution in [0.25, 0.3) is 11.0 Å². The Morgan fingerprint density at radius 3 is 2.70 bits per heavy atom. The summed E-state index contributed by atoms with van der Waals surface area (Å²) >= 11 is 0. The number of nitrogens with one attached hydrogen (secondary N) is 2. The summed E-state index contributed by atoms with van der Waals surface area (Å²) in [6.07, 6.45) is 0.581. The van der Waals surface area contributed by atoms with Gasteiger partial charge in [0.1, 0.15) is 17.2 Å².